The second kappa shape index (κ2) is 7.64. The third kappa shape index (κ3) is 2.84. The fourth-order valence-electron chi connectivity index (χ4n) is 5.86. The third-order valence-electron chi connectivity index (χ3n) is 7.36. The largest absolute Gasteiger partial charge is 0.376 e. The first-order chi connectivity index (χ1) is 17.2. The van der Waals surface area contributed by atoms with E-state index in [1.54, 1.807) is 0 Å². The van der Waals surface area contributed by atoms with Gasteiger partial charge in [0, 0.05) is 26.7 Å². The number of fused-ring (bicyclic) bond motifs is 6. The molecule has 7 rings (SSSR count). The summed E-state index contributed by atoms with van der Waals surface area (Å²) in [6.45, 7) is 0. The van der Waals surface area contributed by atoms with Crippen LogP contribution >= 0.6 is 15.9 Å². The molecule has 0 radical (unpaired) electrons. The molecule has 0 amide bonds. The van der Waals surface area contributed by atoms with E-state index in [0.29, 0.717) is 0 Å². The predicted molar refractivity (Wildman–Crippen MR) is 149 cm³/mol. The van der Waals surface area contributed by atoms with Crippen molar-refractivity contribution >= 4 is 37.5 Å². The Morgan fingerprint density at radius 1 is 0.486 bits per heavy atom. The Bertz CT molecular complexity index is 1780. The number of halogens is 1. The normalized spacial score (nSPS) is 16.4. The van der Waals surface area contributed by atoms with E-state index in [9.17, 15) is 5.11 Å². The molecule has 166 valence electrons. The first-order valence-corrected chi connectivity index (χ1v) is 12.6. The zero-order valence-electron chi connectivity index (χ0n) is 18.9. The van der Waals surface area contributed by atoms with Crippen molar-refractivity contribution < 1.29 is 5.11 Å². The number of hydrogen-bond acceptors (Lipinski definition) is 1. The molecule has 0 bridgehead atoms. The molecule has 0 spiro atoms. The minimum atomic E-state index is -1.26. The van der Waals surface area contributed by atoms with Crippen molar-refractivity contribution in [2.24, 2.45) is 0 Å². The maximum absolute atomic E-state index is 12.7. The summed E-state index contributed by atoms with van der Waals surface area (Å²) in [6.07, 6.45) is 0. The van der Waals surface area contributed by atoms with E-state index in [1.807, 2.05) is 30.3 Å². The third-order valence-corrected chi connectivity index (χ3v) is 8.03. The van der Waals surface area contributed by atoms with Crippen LogP contribution in [0.1, 0.15) is 16.7 Å². The lowest BCUT2D eigenvalue weighted by molar-refractivity contribution is 0.131. The minimum Gasteiger partial charge on any atom is -0.376 e. The number of benzene rings is 6. The lowest BCUT2D eigenvalue weighted by Gasteiger charge is -2.29. The SMILES string of the molecule is OC1(c2ccccc2-c2cc3ccccc3c3ccccc23)c2ccccc2-c2c(Br)cccc21. The summed E-state index contributed by atoms with van der Waals surface area (Å²) in [6, 6.07) is 42.0. The summed E-state index contributed by atoms with van der Waals surface area (Å²) in [5, 5.41) is 17.5. The van der Waals surface area contributed by atoms with Crippen molar-refractivity contribution in [2.45, 2.75) is 5.60 Å². The van der Waals surface area contributed by atoms with Crippen molar-refractivity contribution in [2.75, 3.05) is 0 Å². The highest BCUT2D eigenvalue weighted by atomic mass is 79.9. The van der Waals surface area contributed by atoms with Gasteiger partial charge >= 0.3 is 0 Å². The van der Waals surface area contributed by atoms with Gasteiger partial charge in [0.25, 0.3) is 0 Å². The molecular weight excluding hydrogens is 492 g/mol. The molecule has 2 heteroatoms. The van der Waals surface area contributed by atoms with Gasteiger partial charge in [0.2, 0.25) is 0 Å². The summed E-state index contributed by atoms with van der Waals surface area (Å²) in [7, 11) is 0. The summed E-state index contributed by atoms with van der Waals surface area (Å²) < 4.78 is 0.993. The van der Waals surface area contributed by atoms with Crippen LogP contribution < -0.4 is 0 Å². The average molecular weight is 513 g/mol. The first kappa shape index (κ1) is 20.6. The van der Waals surface area contributed by atoms with Gasteiger partial charge in [0.1, 0.15) is 5.60 Å². The molecule has 0 heterocycles. The van der Waals surface area contributed by atoms with Gasteiger partial charge in [0.15, 0.2) is 0 Å². The van der Waals surface area contributed by atoms with Gasteiger partial charge in [-0.2, -0.15) is 0 Å². The molecule has 0 saturated carbocycles. The fraction of sp³-hybridized carbons (Fsp3) is 0.0303. The second-order valence-electron chi connectivity index (χ2n) is 9.15. The molecule has 1 nitrogen and oxygen atoms in total. The Morgan fingerprint density at radius 3 is 1.86 bits per heavy atom. The Balaban J connectivity index is 1.59. The average Bonchev–Trinajstić information content (AvgIpc) is 3.18. The summed E-state index contributed by atoms with van der Waals surface area (Å²) in [5.41, 5.74) is 5.75. The maximum Gasteiger partial charge on any atom is 0.142 e. The summed E-state index contributed by atoms with van der Waals surface area (Å²) in [4.78, 5) is 0. The molecule has 1 aliphatic carbocycles. The Kier molecular flexibility index (Phi) is 4.51. The first-order valence-electron chi connectivity index (χ1n) is 11.8. The molecule has 6 aromatic rings. The van der Waals surface area contributed by atoms with Crippen LogP contribution in [-0.2, 0) is 5.60 Å². The van der Waals surface area contributed by atoms with Crippen LogP contribution in [0.15, 0.2) is 126 Å². The van der Waals surface area contributed by atoms with Crippen LogP contribution in [0.25, 0.3) is 43.8 Å². The lowest BCUT2D eigenvalue weighted by Crippen LogP contribution is -2.27. The van der Waals surface area contributed by atoms with E-state index in [-0.39, 0.29) is 0 Å². The van der Waals surface area contributed by atoms with Crippen LogP contribution in [0.5, 0.6) is 0 Å². The van der Waals surface area contributed by atoms with Gasteiger partial charge in [-0.15, -0.1) is 0 Å². The van der Waals surface area contributed by atoms with Crippen LogP contribution in [-0.4, -0.2) is 5.11 Å². The second-order valence-corrected chi connectivity index (χ2v) is 10.0. The van der Waals surface area contributed by atoms with Crippen molar-refractivity contribution in [3.63, 3.8) is 0 Å². The van der Waals surface area contributed by atoms with Gasteiger partial charge in [-0.25, -0.2) is 0 Å². The van der Waals surface area contributed by atoms with Crippen molar-refractivity contribution in [1.29, 1.82) is 0 Å². The van der Waals surface area contributed by atoms with Gasteiger partial charge in [-0.05, 0) is 50.4 Å². The van der Waals surface area contributed by atoms with Crippen LogP contribution in [0.2, 0.25) is 0 Å². The van der Waals surface area contributed by atoms with E-state index in [4.69, 9.17) is 0 Å². The summed E-state index contributed by atoms with van der Waals surface area (Å²) in [5.74, 6) is 0. The van der Waals surface area contributed by atoms with E-state index in [1.165, 1.54) is 21.5 Å². The zero-order chi connectivity index (χ0) is 23.6. The maximum atomic E-state index is 12.7. The predicted octanol–water partition coefficient (Wildman–Crippen LogP) is 8.69. The van der Waals surface area contributed by atoms with E-state index in [0.717, 1.165) is 43.4 Å². The lowest BCUT2D eigenvalue weighted by atomic mass is 9.79. The number of aliphatic hydroxyl groups is 1. The number of rotatable bonds is 2. The highest BCUT2D eigenvalue weighted by molar-refractivity contribution is 9.10. The molecule has 35 heavy (non-hydrogen) atoms. The van der Waals surface area contributed by atoms with Crippen molar-refractivity contribution in [3.8, 4) is 22.3 Å². The Hall–Kier alpha value is -3.72. The molecular formula is C33H21BrO. The molecule has 0 aliphatic heterocycles. The molecule has 1 atom stereocenters. The van der Waals surface area contributed by atoms with Crippen molar-refractivity contribution in [1.82, 2.24) is 0 Å². The Morgan fingerprint density at radius 2 is 1.06 bits per heavy atom. The van der Waals surface area contributed by atoms with Crippen LogP contribution in [0, 0.1) is 0 Å². The monoisotopic (exact) mass is 512 g/mol. The van der Waals surface area contributed by atoms with Gasteiger partial charge in [0.05, 0.1) is 0 Å². The van der Waals surface area contributed by atoms with E-state index < -0.39 is 5.60 Å². The minimum absolute atomic E-state index is 0.893. The quantitative estimate of drug-likeness (QED) is 0.230. The van der Waals surface area contributed by atoms with E-state index in [2.05, 4.69) is 107 Å². The van der Waals surface area contributed by atoms with Gasteiger partial charge in [-0.1, -0.05) is 125 Å². The van der Waals surface area contributed by atoms with E-state index >= 15 is 0 Å². The molecule has 1 unspecified atom stereocenters. The molecule has 0 saturated heterocycles. The van der Waals surface area contributed by atoms with Crippen molar-refractivity contribution in [3.05, 3.63) is 142 Å². The van der Waals surface area contributed by atoms with Crippen LogP contribution in [0.4, 0.5) is 0 Å². The fourth-order valence-corrected chi connectivity index (χ4v) is 6.44. The molecule has 1 N–H and O–H groups in total. The number of hydrogen-bond donors (Lipinski definition) is 1. The topological polar surface area (TPSA) is 20.2 Å². The molecule has 0 fully saturated rings. The molecule has 1 aliphatic rings. The van der Waals surface area contributed by atoms with Gasteiger partial charge < -0.3 is 5.11 Å². The van der Waals surface area contributed by atoms with Gasteiger partial charge in [-0.3, -0.25) is 0 Å². The summed E-state index contributed by atoms with van der Waals surface area (Å²) >= 11 is 3.75. The zero-order valence-corrected chi connectivity index (χ0v) is 20.5. The highest BCUT2D eigenvalue weighted by Gasteiger charge is 2.45. The smallest absolute Gasteiger partial charge is 0.142 e. The standard InChI is InChI=1S/C33H21BrO/c34-31-19-9-18-30-32(31)26-15-6-8-17-29(26)33(30,35)28-16-7-5-14-25(28)27-20-21-10-1-2-11-22(21)23-12-3-4-13-24(23)27/h1-20,35H. The molecule has 6 aromatic carbocycles. The Labute approximate surface area is 212 Å². The van der Waals surface area contributed by atoms with Crippen LogP contribution in [0.3, 0.4) is 0 Å². The molecule has 0 aromatic heterocycles. The highest BCUT2D eigenvalue weighted by Crippen LogP contribution is 2.55.